The zero-order valence-electron chi connectivity index (χ0n) is 17.0. The normalized spacial score (nSPS) is 13.8. The minimum Gasteiger partial charge on any atom is -0.372 e. The predicted molar refractivity (Wildman–Crippen MR) is 118 cm³/mol. The Kier molecular flexibility index (Phi) is 6.38. The number of amides is 1. The summed E-state index contributed by atoms with van der Waals surface area (Å²) < 4.78 is 13.2. The fraction of sp³-hybridized carbons (Fsp3) is 0.280. The number of halogens is 1. The summed E-state index contributed by atoms with van der Waals surface area (Å²) in [4.78, 5) is 19.1. The minimum absolute atomic E-state index is 0.134. The molecule has 4 rings (SSSR count). The highest BCUT2D eigenvalue weighted by atomic mass is 19.1. The lowest BCUT2D eigenvalue weighted by atomic mass is 10.1. The standard InChI is InChI=1S/C25H26FN3O/c26-22-6-4-5-19(15-22)17-28-25(30)16-23-10-7-21(18-27-23)20-8-11-24(12-9-20)29-13-2-1-3-14-29/h4-12,15,18H,1-3,13-14,16-17H2,(H,28,30). The van der Waals surface area contributed by atoms with E-state index in [1.165, 1.54) is 37.1 Å². The SMILES string of the molecule is O=C(Cc1ccc(-c2ccc(N3CCCCC3)cc2)cn1)NCc1cccc(F)c1. The third kappa shape index (κ3) is 5.23. The Morgan fingerprint density at radius 3 is 2.43 bits per heavy atom. The molecule has 0 aliphatic carbocycles. The van der Waals surface area contributed by atoms with Gasteiger partial charge in [0, 0.05) is 42.8 Å². The van der Waals surface area contributed by atoms with Crippen molar-refractivity contribution in [1.29, 1.82) is 0 Å². The molecule has 30 heavy (non-hydrogen) atoms. The fourth-order valence-corrected chi connectivity index (χ4v) is 3.79. The molecule has 1 fully saturated rings. The zero-order valence-corrected chi connectivity index (χ0v) is 17.0. The second kappa shape index (κ2) is 9.53. The fourth-order valence-electron chi connectivity index (χ4n) is 3.79. The molecule has 0 unspecified atom stereocenters. The van der Waals surface area contributed by atoms with Gasteiger partial charge < -0.3 is 10.2 Å². The maximum Gasteiger partial charge on any atom is 0.226 e. The maximum absolute atomic E-state index is 13.2. The number of nitrogens with one attached hydrogen (secondary N) is 1. The quantitative estimate of drug-likeness (QED) is 0.647. The molecular weight excluding hydrogens is 377 g/mol. The van der Waals surface area contributed by atoms with Crippen molar-refractivity contribution in [3.8, 4) is 11.1 Å². The number of hydrogen-bond donors (Lipinski definition) is 1. The van der Waals surface area contributed by atoms with Crippen LogP contribution < -0.4 is 10.2 Å². The van der Waals surface area contributed by atoms with Gasteiger partial charge in [0.15, 0.2) is 0 Å². The van der Waals surface area contributed by atoms with E-state index in [1.807, 2.05) is 18.3 Å². The van der Waals surface area contributed by atoms with Crippen LogP contribution in [0.3, 0.4) is 0 Å². The van der Waals surface area contributed by atoms with E-state index in [1.54, 1.807) is 12.1 Å². The highest BCUT2D eigenvalue weighted by Crippen LogP contribution is 2.25. The van der Waals surface area contributed by atoms with Crippen molar-refractivity contribution in [1.82, 2.24) is 10.3 Å². The Morgan fingerprint density at radius 1 is 0.967 bits per heavy atom. The lowest BCUT2D eigenvalue weighted by molar-refractivity contribution is -0.120. The van der Waals surface area contributed by atoms with Gasteiger partial charge >= 0.3 is 0 Å². The number of rotatable bonds is 6. The molecule has 1 amide bonds. The van der Waals surface area contributed by atoms with E-state index in [4.69, 9.17) is 0 Å². The van der Waals surface area contributed by atoms with Crippen LogP contribution in [0.2, 0.25) is 0 Å². The van der Waals surface area contributed by atoms with Crippen LogP contribution in [0, 0.1) is 5.82 Å². The van der Waals surface area contributed by atoms with E-state index in [2.05, 4.69) is 39.5 Å². The van der Waals surface area contributed by atoms with Crippen LogP contribution >= 0.6 is 0 Å². The molecule has 0 spiro atoms. The van der Waals surface area contributed by atoms with E-state index < -0.39 is 0 Å². The molecule has 0 radical (unpaired) electrons. The van der Waals surface area contributed by atoms with Crippen molar-refractivity contribution in [2.75, 3.05) is 18.0 Å². The molecule has 0 atom stereocenters. The Labute approximate surface area is 176 Å². The first kappa shape index (κ1) is 20.1. The van der Waals surface area contributed by atoms with E-state index in [0.29, 0.717) is 12.2 Å². The van der Waals surface area contributed by atoms with E-state index in [-0.39, 0.29) is 18.1 Å². The molecule has 1 aliphatic heterocycles. The van der Waals surface area contributed by atoms with Crippen molar-refractivity contribution in [3.05, 3.63) is 83.9 Å². The van der Waals surface area contributed by atoms with Crippen LogP contribution in [0.5, 0.6) is 0 Å². The zero-order chi connectivity index (χ0) is 20.8. The van der Waals surface area contributed by atoms with E-state index >= 15 is 0 Å². The maximum atomic E-state index is 13.2. The molecule has 1 aliphatic rings. The number of hydrogen-bond acceptors (Lipinski definition) is 3. The topological polar surface area (TPSA) is 45.2 Å². The van der Waals surface area contributed by atoms with Crippen LogP contribution in [0.1, 0.15) is 30.5 Å². The highest BCUT2D eigenvalue weighted by molar-refractivity contribution is 5.78. The molecule has 1 saturated heterocycles. The van der Waals surface area contributed by atoms with Crippen LogP contribution in [0.15, 0.2) is 66.9 Å². The summed E-state index contributed by atoms with van der Waals surface area (Å²) in [5.41, 5.74) is 4.87. The third-order valence-corrected chi connectivity index (χ3v) is 5.47. The Balaban J connectivity index is 1.32. The summed E-state index contributed by atoms with van der Waals surface area (Å²) in [6.45, 7) is 2.58. The van der Waals surface area contributed by atoms with Crippen molar-refractivity contribution in [2.45, 2.75) is 32.2 Å². The average Bonchev–Trinajstić information content (AvgIpc) is 2.79. The van der Waals surface area contributed by atoms with Crippen LogP contribution in [0.4, 0.5) is 10.1 Å². The van der Waals surface area contributed by atoms with Gasteiger partial charge in [0.2, 0.25) is 5.91 Å². The molecule has 154 valence electrons. The smallest absolute Gasteiger partial charge is 0.226 e. The summed E-state index contributed by atoms with van der Waals surface area (Å²) in [7, 11) is 0. The average molecular weight is 404 g/mol. The Morgan fingerprint density at radius 2 is 1.73 bits per heavy atom. The Bertz CT molecular complexity index is 980. The first-order valence-electron chi connectivity index (χ1n) is 10.5. The molecule has 5 heteroatoms. The molecule has 2 aromatic carbocycles. The summed E-state index contributed by atoms with van der Waals surface area (Å²) in [6, 6.07) is 18.7. The lowest BCUT2D eigenvalue weighted by Crippen LogP contribution is -2.29. The third-order valence-electron chi connectivity index (χ3n) is 5.47. The second-order valence-electron chi connectivity index (χ2n) is 7.72. The largest absolute Gasteiger partial charge is 0.372 e. The van der Waals surface area contributed by atoms with Crippen molar-refractivity contribution >= 4 is 11.6 Å². The molecule has 2 heterocycles. The lowest BCUT2D eigenvalue weighted by Gasteiger charge is -2.28. The molecule has 1 N–H and O–H groups in total. The summed E-state index contributed by atoms with van der Waals surface area (Å²) in [5, 5.41) is 2.81. The van der Waals surface area contributed by atoms with Gasteiger partial charge in [-0.05, 0) is 60.7 Å². The van der Waals surface area contributed by atoms with Gasteiger partial charge in [-0.3, -0.25) is 9.78 Å². The number of aromatic nitrogens is 1. The molecule has 3 aromatic rings. The van der Waals surface area contributed by atoms with Crippen LogP contribution in [0.25, 0.3) is 11.1 Å². The number of piperidine rings is 1. The molecular formula is C25H26FN3O. The van der Waals surface area contributed by atoms with E-state index in [9.17, 15) is 9.18 Å². The summed E-state index contributed by atoms with van der Waals surface area (Å²) >= 11 is 0. The second-order valence-corrected chi connectivity index (χ2v) is 7.72. The molecule has 1 aromatic heterocycles. The Hall–Kier alpha value is -3.21. The van der Waals surface area contributed by atoms with Gasteiger partial charge in [-0.2, -0.15) is 0 Å². The predicted octanol–water partition coefficient (Wildman–Crippen LogP) is 4.74. The molecule has 0 bridgehead atoms. The monoisotopic (exact) mass is 403 g/mol. The number of nitrogens with zero attached hydrogens (tertiary/aromatic N) is 2. The number of carbonyl (C=O) groups is 1. The van der Waals surface area contributed by atoms with Gasteiger partial charge in [-0.1, -0.05) is 30.3 Å². The number of benzene rings is 2. The van der Waals surface area contributed by atoms with Gasteiger partial charge in [0.05, 0.1) is 6.42 Å². The number of pyridine rings is 1. The van der Waals surface area contributed by atoms with Gasteiger partial charge in [-0.15, -0.1) is 0 Å². The number of carbonyl (C=O) groups excluding carboxylic acids is 1. The molecule has 4 nitrogen and oxygen atoms in total. The summed E-state index contributed by atoms with van der Waals surface area (Å²) in [6.07, 6.45) is 5.87. The minimum atomic E-state index is -0.303. The van der Waals surface area contributed by atoms with Crippen molar-refractivity contribution in [3.63, 3.8) is 0 Å². The van der Waals surface area contributed by atoms with Gasteiger partial charge in [-0.25, -0.2) is 4.39 Å². The first-order valence-corrected chi connectivity index (χ1v) is 10.5. The van der Waals surface area contributed by atoms with Crippen molar-refractivity contribution in [2.24, 2.45) is 0 Å². The first-order chi connectivity index (χ1) is 14.7. The van der Waals surface area contributed by atoms with Gasteiger partial charge in [0.25, 0.3) is 0 Å². The van der Waals surface area contributed by atoms with Gasteiger partial charge in [0.1, 0.15) is 5.82 Å². The molecule has 0 saturated carbocycles. The summed E-state index contributed by atoms with van der Waals surface area (Å²) in [5.74, 6) is -0.437. The number of anilines is 1. The van der Waals surface area contributed by atoms with Crippen molar-refractivity contribution < 1.29 is 9.18 Å². The highest BCUT2D eigenvalue weighted by Gasteiger charge is 2.11. The van der Waals surface area contributed by atoms with Crippen LogP contribution in [-0.2, 0) is 17.8 Å². The van der Waals surface area contributed by atoms with Crippen LogP contribution in [-0.4, -0.2) is 24.0 Å². The van der Waals surface area contributed by atoms with E-state index in [0.717, 1.165) is 29.8 Å².